The molecule has 0 unspecified atom stereocenters. The molecule has 3 atom stereocenters. The first-order chi connectivity index (χ1) is 17.9. The highest BCUT2D eigenvalue weighted by Crippen LogP contribution is 2.54. The fourth-order valence-corrected chi connectivity index (χ4v) is 6.85. The van der Waals surface area contributed by atoms with E-state index in [0.717, 1.165) is 67.4 Å². The van der Waals surface area contributed by atoms with Crippen molar-refractivity contribution in [1.82, 2.24) is 9.80 Å². The molecule has 1 saturated heterocycles. The van der Waals surface area contributed by atoms with Crippen LogP contribution in [0.4, 0.5) is 0 Å². The van der Waals surface area contributed by atoms with E-state index in [1.54, 1.807) is 7.11 Å². The van der Waals surface area contributed by atoms with Crippen molar-refractivity contribution in [3.05, 3.63) is 90.5 Å². The number of nitrogens with zero attached hydrogens (tertiary/aromatic N) is 2. The van der Waals surface area contributed by atoms with Crippen molar-refractivity contribution in [2.75, 3.05) is 40.9 Å². The number of carbonyl (C=O) groups is 1. The van der Waals surface area contributed by atoms with Crippen molar-refractivity contribution in [2.45, 2.75) is 42.7 Å². The number of piperidine rings is 1. The maximum Gasteiger partial charge on any atom is 0.253 e. The van der Waals surface area contributed by atoms with Gasteiger partial charge in [-0.05, 0) is 72.8 Å². The second kappa shape index (κ2) is 10.3. The third kappa shape index (κ3) is 4.45. The third-order valence-corrected chi connectivity index (χ3v) is 8.94. The molecule has 37 heavy (non-hydrogen) atoms. The van der Waals surface area contributed by atoms with E-state index in [1.165, 1.54) is 5.56 Å². The zero-order chi connectivity index (χ0) is 26.0. The Labute approximate surface area is 220 Å². The van der Waals surface area contributed by atoms with Crippen LogP contribution in [0.25, 0.3) is 10.8 Å². The summed E-state index contributed by atoms with van der Waals surface area (Å²) in [6.45, 7) is 6.63. The standard InChI is InChI=1S/C32H38N2O3/c1-5-18-34-19-17-31(27-11-8-12-29(21-27)36-3)22-28(15-16-32(31,23-34)37-4)33(2)30(35)26-14-13-24-9-6-7-10-25(24)20-26/h5-14,20-21,28H,1,15-19,22-23H2,2-4H3/t28-,31+,32+/m1/s1. The number of ether oxygens (including phenoxy) is 2. The van der Waals surface area contributed by atoms with Crippen molar-refractivity contribution in [3.63, 3.8) is 0 Å². The normalized spacial score (nSPS) is 25.9. The molecule has 194 valence electrons. The van der Waals surface area contributed by atoms with E-state index >= 15 is 0 Å². The topological polar surface area (TPSA) is 42.0 Å². The Morgan fingerprint density at radius 3 is 2.65 bits per heavy atom. The molecule has 5 heteroatoms. The van der Waals surface area contributed by atoms with Crippen LogP contribution < -0.4 is 4.74 Å². The smallest absolute Gasteiger partial charge is 0.253 e. The molecular formula is C32H38N2O3. The molecule has 3 aromatic carbocycles. The van der Waals surface area contributed by atoms with E-state index in [4.69, 9.17) is 9.47 Å². The second-order valence-corrected chi connectivity index (χ2v) is 10.7. The SMILES string of the molecule is C=CCN1CC[C@@]2(c3cccc(OC)c3)C[C@H](N(C)C(=O)c3ccc4ccccc4c3)CC[C@]2(OC)C1. The summed E-state index contributed by atoms with van der Waals surface area (Å²) in [5, 5.41) is 2.23. The van der Waals surface area contributed by atoms with E-state index in [-0.39, 0.29) is 23.0 Å². The first kappa shape index (κ1) is 25.5. The molecule has 5 nitrogen and oxygen atoms in total. The average molecular weight is 499 g/mol. The van der Waals surface area contributed by atoms with Gasteiger partial charge >= 0.3 is 0 Å². The van der Waals surface area contributed by atoms with Gasteiger partial charge in [-0.3, -0.25) is 9.69 Å². The zero-order valence-electron chi connectivity index (χ0n) is 22.3. The van der Waals surface area contributed by atoms with Crippen molar-refractivity contribution in [2.24, 2.45) is 0 Å². The molecule has 1 heterocycles. The highest BCUT2D eigenvalue weighted by atomic mass is 16.5. The number of carbonyl (C=O) groups excluding carboxylic acids is 1. The minimum atomic E-state index is -0.343. The summed E-state index contributed by atoms with van der Waals surface area (Å²) in [4.78, 5) is 18.1. The van der Waals surface area contributed by atoms with Gasteiger partial charge in [0.05, 0.1) is 12.7 Å². The summed E-state index contributed by atoms with van der Waals surface area (Å²) >= 11 is 0. The number of likely N-dealkylation sites (tertiary alicyclic amines) is 1. The Morgan fingerprint density at radius 2 is 1.89 bits per heavy atom. The molecular weight excluding hydrogens is 460 g/mol. The maximum atomic E-state index is 13.7. The fourth-order valence-electron chi connectivity index (χ4n) is 6.85. The molecule has 5 rings (SSSR count). The summed E-state index contributed by atoms with van der Waals surface area (Å²) in [6.07, 6.45) is 5.57. The monoisotopic (exact) mass is 498 g/mol. The van der Waals surface area contributed by atoms with Gasteiger partial charge in [-0.25, -0.2) is 0 Å². The molecule has 1 saturated carbocycles. The van der Waals surface area contributed by atoms with E-state index in [9.17, 15) is 4.79 Å². The quantitative estimate of drug-likeness (QED) is 0.393. The third-order valence-electron chi connectivity index (χ3n) is 8.94. The van der Waals surface area contributed by atoms with Crippen LogP contribution in [0.15, 0.2) is 79.4 Å². The number of hydrogen-bond acceptors (Lipinski definition) is 4. The molecule has 3 aromatic rings. The van der Waals surface area contributed by atoms with Crippen LogP contribution in [0.3, 0.4) is 0 Å². The van der Waals surface area contributed by atoms with E-state index in [2.05, 4.69) is 41.8 Å². The van der Waals surface area contributed by atoms with E-state index < -0.39 is 0 Å². The molecule has 2 aliphatic rings. The van der Waals surface area contributed by atoms with Crippen LogP contribution in [0.5, 0.6) is 5.75 Å². The summed E-state index contributed by atoms with van der Waals surface area (Å²) in [7, 11) is 5.54. The molecule has 1 aliphatic carbocycles. The number of fused-ring (bicyclic) bond motifs is 2. The van der Waals surface area contributed by atoms with Crippen LogP contribution >= 0.6 is 0 Å². The molecule has 0 spiro atoms. The Balaban J connectivity index is 1.50. The van der Waals surface area contributed by atoms with Crippen molar-refractivity contribution in [3.8, 4) is 5.75 Å². The van der Waals surface area contributed by atoms with Gasteiger partial charge in [0.25, 0.3) is 5.91 Å². The van der Waals surface area contributed by atoms with E-state index in [1.807, 2.05) is 61.5 Å². The number of rotatable bonds is 7. The van der Waals surface area contributed by atoms with Crippen LogP contribution in [-0.4, -0.2) is 68.3 Å². The lowest BCUT2D eigenvalue weighted by molar-refractivity contribution is -0.151. The minimum absolute atomic E-state index is 0.0746. The van der Waals surface area contributed by atoms with Crippen LogP contribution in [0.2, 0.25) is 0 Å². The van der Waals surface area contributed by atoms with Crippen LogP contribution in [-0.2, 0) is 10.2 Å². The van der Waals surface area contributed by atoms with Crippen molar-refractivity contribution >= 4 is 16.7 Å². The number of methoxy groups -OCH3 is 2. The minimum Gasteiger partial charge on any atom is -0.497 e. The largest absolute Gasteiger partial charge is 0.497 e. The fraction of sp³-hybridized carbons (Fsp3) is 0.406. The second-order valence-electron chi connectivity index (χ2n) is 10.7. The van der Waals surface area contributed by atoms with Gasteiger partial charge in [-0.1, -0.05) is 48.5 Å². The van der Waals surface area contributed by atoms with Crippen LogP contribution in [0, 0.1) is 0 Å². The van der Waals surface area contributed by atoms with Crippen molar-refractivity contribution < 1.29 is 14.3 Å². The highest BCUT2D eigenvalue weighted by Gasteiger charge is 2.59. The van der Waals surface area contributed by atoms with Gasteiger partial charge in [-0.15, -0.1) is 6.58 Å². The van der Waals surface area contributed by atoms with Gasteiger partial charge in [0, 0.05) is 44.3 Å². The molecule has 0 aromatic heterocycles. The van der Waals surface area contributed by atoms with Gasteiger partial charge in [-0.2, -0.15) is 0 Å². The molecule has 0 bridgehead atoms. The maximum absolute atomic E-state index is 13.7. The summed E-state index contributed by atoms with van der Waals surface area (Å²) in [6, 6.07) is 22.8. The predicted molar refractivity (Wildman–Crippen MR) is 149 cm³/mol. The zero-order valence-corrected chi connectivity index (χ0v) is 22.3. The first-order valence-corrected chi connectivity index (χ1v) is 13.2. The van der Waals surface area contributed by atoms with Gasteiger partial charge in [0.15, 0.2) is 0 Å². The summed E-state index contributed by atoms with van der Waals surface area (Å²) in [5.74, 6) is 0.929. The Kier molecular flexibility index (Phi) is 7.11. The number of hydrogen-bond donors (Lipinski definition) is 0. The molecule has 1 amide bonds. The summed E-state index contributed by atoms with van der Waals surface area (Å²) in [5.41, 5.74) is 1.41. The predicted octanol–water partition coefficient (Wildman–Crippen LogP) is 5.69. The Bertz CT molecular complexity index is 1290. The Morgan fingerprint density at radius 1 is 1.08 bits per heavy atom. The average Bonchev–Trinajstić information content (AvgIpc) is 2.95. The Hall–Kier alpha value is -3.15. The lowest BCUT2D eigenvalue weighted by Gasteiger charge is -2.60. The molecule has 2 fully saturated rings. The highest BCUT2D eigenvalue weighted by molar-refractivity contribution is 5.98. The van der Waals surface area contributed by atoms with Gasteiger partial charge in [0.2, 0.25) is 0 Å². The summed E-state index contributed by atoms with van der Waals surface area (Å²) < 4.78 is 12.1. The lowest BCUT2D eigenvalue weighted by Crippen LogP contribution is -2.68. The van der Waals surface area contributed by atoms with Gasteiger partial charge in [0.1, 0.15) is 5.75 Å². The molecule has 0 N–H and O–H groups in total. The van der Waals surface area contributed by atoms with Crippen LogP contribution in [0.1, 0.15) is 41.6 Å². The molecule has 1 aliphatic heterocycles. The van der Waals surface area contributed by atoms with Gasteiger partial charge < -0.3 is 14.4 Å². The number of amides is 1. The number of benzene rings is 3. The first-order valence-electron chi connectivity index (χ1n) is 13.2. The molecule has 0 radical (unpaired) electrons. The lowest BCUT2D eigenvalue weighted by atomic mass is 9.55. The van der Waals surface area contributed by atoms with E-state index in [0.29, 0.717) is 0 Å². The van der Waals surface area contributed by atoms with Crippen molar-refractivity contribution in [1.29, 1.82) is 0 Å².